The molecule has 3 heteroatoms. The Balaban J connectivity index is 2.48. The molecule has 2 aliphatic rings. The van der Waals surface area contributed by atoms with Crippen molar-refractivity contribution in [2.45, 2.75) is 0 Å². The molecule has 0 aromatic carbocycles. The fourth-order valence-electron chi connectivity index (χ4n) is 1.51. The molecule has 0 radical (unpaired) electrons. The molecule has 0 bridgehead atoms. The molecule has 0 amide bonds. The molecular formula is C10H8O3. The number of ether oxygens (including phenoxy) is 1. The predicted octanol–water partition coefficient (Wildman–Crippen LogP) is 1.41. The molecular weight excluding hydrogens is 168 g/mol. The molecule has 0 atom stereocenters. The smallest absolute Gasteiger partial charge is 0.336 e. The molecule has 13 heavy (non-hydrogen) atoms. The van der Waals surface area contributed by atoms with Crippen LogP contribution in [0.3, 0.4) is 0 Å². The minimum absolute atomic E-state index is 0.303. The van der Waals surface area contributed by atoms with Crippen molar-refractivity contribution in [2.75, 3.05) is 7.11 Å². The van der Waals surface area contributed by atoms with Crippen LogP contribution in [0.2, 0.25) is 0 Å². The third kappa shape index (κ3) is 1.01. The number of hydrogen-bond acceptors (Lipinski definition) is 2. The van der Waals surface area contributed by atoms with E-state index >= 15 is 0 Å². The predicted molar refractivity (Wildman–Crippen MR) is 47.0 cm³/mol. The van der Waals surface area contributed by atoms with Crippen molar-refractivity contribution in [3.05, 3.63) is 46.8 Å². The number of rotatable bonds is 2. The summed E-state index contributed by atoms with van der Waals surface area (Å²) in [5, 5.41) is 8.85. The van der Waals surface area contributed by atoms with E-state index < -0.39 is 5.97 Å². The number of aliphatic carboxylic acids is 1. The molecule has 66 valence electrons. The first-order chi connectivity index (χ1) is 6.24. The van der Waals surface area contributed by atoms with E-state index in [1.807, 2.05) is 6.08 Å². The third-order valence-electron chi connectivity index (χ3n) is 2.10. The second-order valence-corrected chi connectivity index (χ2v) is 2.78. The van der Waals surface area contributed by atoms with Gasteiger partial charge in [0.1, 0.15) is 5.76 Å². The highest BCUT2D eigenvalue weighted by Gasteiger charge is 2.26. The van der Waals surface area contributed by atoms with Crippen molar-refractivity contribution in [3.63, 3.8) is 0 Å². The number of allylic oxidation sites excluding steroid dienone is 5. The Morgan fingerprint density at radius 2 is 2.15 bits per heavy atom. The molecule has 0 spiro atoms. The lowest BCUT2D eigenvalue weighted by molar-refractivity contribution is -0.132. The van der Waals surface area contributed by atoms with E-state index in [-0.39, 0.29) is 0 Å². The second-order valence-electron chi connectivity index (χ2n) is 2.78. The van der Waals surface area contributed by atoms with Crippen molar-refractivity contribution in [1.29, 1.82) is 0 Å². The molecule has 0 heterocycles. The van der Waals surface area contributed by atoms with Crippen molar-refractivity contribution in [3.8, 4) is 0 Å². The van der Waals surface area contributed by atoms with Crippen LogP contribution in [0.1, 0.15) is 0 Å². The highest BCUT2D eigenvalue weighted by Crippen LogP contribution is 2.35. The summed E-state index contributed by atoms with van der Waals surface area (Å²) >= 11 is 0. The Morgan fingerprint density at radius 3 is 2.77 bits per heavy atom. The number of hydrogen-bond donors (Lipinski definition) is 1. The van der Waals surface area contributed by atoms with Crippen LogP contribution in [-0.4, -0.2) is 18.2 Å². The Labute approximate surface area is 75.3 Å². The molecule has 0 fully saturated rings. The van der Waals surface area contributed by atoms with Gasteiger partial charge in [0, 0.05) is 5.57 Å². The van der Waals surface area contributed by atoms with E-state index in [1.165, 1.54) is 7.11 Å². The molecule has 0 aliphatic heterocycles. The van der Waals surface area contributed by atoms with E-state index in [9.17, 15) is 4.79 Å². The van der Waals surface area contributed by atoms with Gasteiger partial charge in [-0.1, -0.05) is 12.2 Å². The molecule has 0 aromatic heterocycles. The SMILES string of the molecule is COC1=C2C(=CC=C2C(=O)O)C=C1. The number of methoxy groups -OCH3 is 1. The van der Waals surface area contributed by atoms with Crippen molar-refractivity contribution in [1.82, 2.24) is 0 Å². The fourth-order valence-corrected chi connectivity index (χ4v) is 1.51. The molecule has 0 aromatic rings. The van der Waals surface area contributed by atoms with E-state index in [4.69, 9.17) is 9.84 Å². The van der Waals surface area contributed by atoms with Crippen LogP contribution in [0.25, 0.3) is 0 Å². The summed E-state index contributed by atoms with van der Waals surface area (Å²) in [4.78, 5) is 10.8. The van der Waals surface area contributed by atoms with E-state index in [0.29, 0.717) is 16.9 Å². The number of carboxylic acids is 1. The highest BCUT2D eigenvalue weighted by atomic mass is 16.5. The van der Waals surface area contributed by atoms with Gasteiger partial charge in [-0.25, -0.2) is 4.79 Å². The first-order valence-electron chi connectivity index (χ1n) is 3.86. The largest absolute Gasteiger partial charge is 0.496 e. The monoisotopic (exact) mass is 176 g/mol. The lowest BCUT2D eigenvalue weighted by atomic mass is 10.1. The van der Waals surface area contributed by atoms with Gasteiger partial charge in [-0.05, 0) is 17.7 Å². The average Bonchev–Trinajstić information content (AvgIpc) is 2.61. The molecule has 2 rings (SSSR count). The van der Waals surface area contributed by atoms with Gasteiger partial charge in [0.15, 0.2) is 0 Å². The van der Waals surface area contributed by atoms with E-state index in [0.717, 1.165) is 5.57 Å². The zero-order valence-corrected chi connectivity index (χ0v) is 7.07. The van der Waals surface area contributed by atoms with Crippen LogP contribution in [-0.2, 0) is 9.53 Å². The molecule has 2 aliphatic carbocycles. The summed E-state index contributed by atoms with van der Waals surface area (Å²) in [6.45, 7) is 0. The maximum Gasteiger partial charge on any atom is 0.336 e. The third-order valence-corrected chi connectivity index (χ3v) is 2.10. The van der Waals surface area contributed by atoms with E-state index in [1.54, 1.807) is 18.2 Å². The Morgan fingerprint density at radius 1 is 1.38 bits per heavy atom. The summed E-state index contributed by atoms with van der Waals surface area (Å²) in [6.07, 6.45) is 6.99. The van der Waals surface area contributed by atoms with E-state index in [2.05, 4.69) is 0 Å². The van der Waals surface area contributed by atoms with Gasteiger partial charge in [0.05, 0.1) is 12.7 Å². The maximum absolute atomic E-state index is 10.8. The molecule has 3 nitrogen and oxygen atoms in total. The fraction of sp³-hybridized carbons (Fsp3) is 0.100. The van der Waals surface area contributed by atoms with Gasteiger partial charge >= 0.3 is 5.97 Å². The lowest BCUT2D eigenvalue weighted by Crippen LogP contribution is -2.02. The van der Waals surface area contributed by atoms with Gasteiger partial charge in [0.25, 0.3) is 0 Å². The summed E-state index contributed by atoms with van der Waals surface area (Å²) in [7, 11) is 1.54. The summed E-state index contributed by atoms with van der Waals surface area (Å²) in [5.41, 5.74) is 1.90. The zero-order valence-electron chi connectivity index (χ0n) is 7.07. The second kappa shape index (κ2) is 2.62. The number of carbonyl (C=O) groups is 1. The average molecular weight is 176 g/mol. The first-order valence-corrected chi connectivity index (χ1v) is 3.86. The van der Waals surface area contributed by atoms with Gasteiger partial charge in [-0.15, -0.1) is 0 Å². The van der Waals surface area contributed by atoms with Gasteiger partial charge in [-0.2, -0.15) is 0 Å². The minimum atomic E-state index is -0.917. The topological polar surface area (TPSA) is 46.5 Å². The first kappa shape index (κ1) is 7.86. The van der Waals surface area contributed by atoms with Crippen molar-refractivity contribution < 1.29 is 14.6 Å². The van der Waals surface area contributed by atoms with Crippen LogP contribution in [0.15, 0.2) is 46.8 Å². The highest BCUT2D eigenvalue weighted by molar-refractivity contribution is 5.97. The zero-order chi connectivity index (χ0) is 9.42. The van der Waals surface area contributed by atoms with Gasteiger partial charge in [-0.3, -0.25) is 0 Å². The quantitative estimate of drug-likeness (QED) is 0.691. The van der Waals surface area contributed by atoms with Crippen LogP contribution >= 0.6 is 0 Å². The molecule has 0 saturated carbocycles. The summed E-state index contributed by atoms with van der Waals surface area (Å²) < 4.78 is 5.05. The Bertz CT molecular complexity index is 394. The van der Waals surface area contributed by atoms with Crippen LogP contribution < -0.4 is 0 Å². The van der Waals surface area contributed by atoms with Crippen LogP contribution in [0, 0.1) is 0 Å². The van der Waals surface area contributed by atoms with Crippen LogP contribution in [0.4, 0.5) is 0 Å². The Hall–Kier alpha value is -1.77. The van der Waals surface area contributed by atoms with Crippen molar-refractivity contribution in [2.24, 2.45) is 0 Å². The Kier molecular flexibility index (Phi) is 1.59. The molecule has 0 saturated heterocycles. The lowest BCUT2D eigenvalue weighted by Gasteiger charge is -2.03. The summed E-state index contributed by atoms with van der Waals surface area (Å²) in [6, 6.07) is 0. The molecule has 1 N–H and O–H groups in total. The number of carboxylic acid groups (broad SMARTS) is 1. The van der Waals surface area contributed by atoms with Gasteiger partial charge in [0.2, 0.25) is 0 Å². The standard InChI is InChI=1S/C10H8O3/c1-13-8-5-3-6-2-4-7(9(6)8)10(11)12/h2-5H,1H3,(H,11,12). The molecule has 0 unspecified atom stereocenters. The summed E-state index contributed by atoms with van der Waals surface area (Å²) in [5.74, 6) is -0.295. The number of fused-ring (bicyclic) bond motifs is 1. The maximum atomic E-state index is 10.8. The van der Waals surface area contributed by atoms with Crippen molar-refractivity contribution >= 4 is 5.97 Å². The minimum Gasteiger partial charge on any atom is -0.496 e. The normalized spacial score (nSPS) is 18.5. The van der Waals surface area contributed by atoms with Crippen LogP contribution in [0.5, 0.6) is 0 Å². The van der Waals surface area contributed by atoms with Gasteiger partial charge < -0.3 is 9.84 Å².